The van der Waals surface area contributed by atoms with Crippen molar-refractivity contribution in [2.75, 3.05) is 0 Å². The summed E-state index contributed by atoms with van der Waals surface area (Å²) in [5.74, 6) is -6.13. The van der Waals surface area contributed by atoms with Crippen molar-refractivity contribution >= 4 is 0 Å². The molecule has 4 rings (SSSR count). The molecule has 0 spiro atoms. The molecule has 10 heteroatoms. The lowest BCUT2D eigenvalue weighted by Gasteiger charge is -2.25. The Morgan fingerprint density at radius 1 is 0.810 bits per heavy atom. The zero-order valence-electron chi connectivity index (χ0n) is 22.1. The van der Waals surface area contributed by atoms with Crippen LogP contribution in [-0.4, -0.2) is 6.17 Å². The van der Waals surface area contributed by atoms with Crippen LogP contribution in [-0.2, 0) is 17.3 Å². The molecule has 0 radical (unpaired) electrons. The standard InChI is InChI=1S/C32H23F9O/c1-2-3-4-5-19-12-24(33)23(25(34)13-19)11-8-18-6-9-21(10-7-18)32(40,41)42-22-16-26(35)30(27(36)17-22)20-14-28(37)31(39)29(38)15-20/h6-7,9-10,12-17,26,30H,2-5H2,1H3. The van der Waals surface area contributed by atoms with E-state index in [2.05, 4.69) is 16.6 Å². The van der Waals surface area contributed by atoms with E-state index >= 15 is 0 Å². The van der Waals surface area contributed by atoms with Crippen molar-refractivity contribution in [3.63, 3.8) is 0 Å². The van der Waals surface area contributed by atoms with Crippen LogP contribution in [0.25, 0.3) is 0 Å². The first-order chi connectivity index (χ1) is 19.9. The Kier molecular flexibility index (Phi) is 9.40. The zero-order chi connectivity index (χ0) is 30.6. The molecule has 3 aromatic carbocycles. The molecule has 0 aromatic heterocycles. The summed E-state index contributed by atoms with van der Waals surface area (Å²) < 4.78 is 133. The van der Waals surface area contributed by atoms with Crippen molar-refractivity contribution in [1.29, 1.82) is 0 Å². The number of unbranched alkanes of at least 4 members (excludes halogenated alkanes) is 2. The summed E-state index contributed by atoms with van der Waals surface area (Å²) in [5.41, 5.74) is -1.11. The summed E-state index contributed by atoms with van der Waals surface area (Å²) in [6, 6.07) is 7.36. The summed E-state index contributed by atoms with van der Waals surface area (Å²) >= 11 is 0. The molecule has 1 aliphatic carbocycles. The van der Waals surface area contributed by atoms with Gasteiger partial charge in [-0.25, -0.2) is 30.7 Å². The summed E-state index contributed by atoms with van der Waals surface area (Å²) in [7, 11) is 0. The molecule has 3 aromatic rings. The van der Waals surface area contributed by atoms with Gasteiger partial charge >= 0.3 is 6.11 Å². The fourth-order valence-corrected chi connectivity index (χ4v) is 4.40. The highest BCUT2D eigenvalue weighted by atomic mass is 19.3. The van der Waals surface area contributed by atoms with E-state index in [1.54, 1.807) is 0 Å². The van der Waals surface area contributed by atoms with E-state index in [9.17, 15) is 39.5 Å². The van der Waals surface area contributed by atoms with E-state index in [0.29, 0.717) is 36.3 Å². The Morgan fingerprint density at radius 3 is 2.00 bits per heavy atom. The van der Waals surface area contributed by atoms with Crippen LogP contribution < -0.4 is 0 Å². The molecule has 42 heavy (non-hydrogen) atoms. The zero-order valence-corrected chi connectivity index (χ0v) is 22.1. The van der Waals surface area contributed by atoms with Crippen LogP contribution in [0, 0.1) is 40.9 Å². The van der Waals surface area contributed by atoms with Gasteiger partial charge in [-0.3, -0.25) is 0 Å². The van der Waals surface area contributed by atoms with Crippen LogP contribution in [0.2, 0.25) is 0 Å². The van der Waals surface area contributed by atoms with Gasteiger partial charge in [0.15, 0.2) is 17.5 Å². The maximum absolute atomic E-state index is 14.8. The van der Waals surface area contributed by atoms with Crippen molar-refractivity contribution in [3.8, 4) is 11.8 Å². The lowest BCUT2D eigenvalue weighted by atomic mass is 9.89. The molecule has 0 N–H and O–H groups in total. The number of ether oxygens (including phenoxy) is 1. The van der Waals surface area contributed by atoms with E-state index < -0.39 is 75.6 Å². The van der Waals surface area contributed by atoms with Crippen molar-refractivity contribution in [2.45, 2.75) is 50.8 Å². The molecular formula is C32H23F9O. The lowest BCUT2D eigenvalue weighted by Crippen LogP contribution is -2.22. The van der Waals surface area contributed by atoms with E-state index in [-0.39, 0.29) is 5.56 Å². The summed E-state index contributed by atoms with van der Waals surface area (Å²) in [4.78, 5) is 0. The van der Waals surface area contributed by atoms with Crippen LogP contribution in [0.3, 0.4) is 0 Å². The SMILES string of the molecule is CCCCCc1cc(F)c(C#Cc2ccc(C(F)(F)OC3=CC(F)C(c4cc(F)c(F)c(F)c4)C(F)=C3)cc2)c(F)c1. The Bertz CT molecular complexity index is 1530. The van der Waals surface area contributed by atoms with Gasteiger partial charge < -0.3 is 4.74 Å². The van der Waals surface area contributed by atoms with Crippen LogP contribution in [0.5, 0.6) is 0 Å². The normalized spacial score (nSPS) is 16.8. The molecule has 1 aliphatic rings. The fraction of sp³-hybridized carbons (Fsp3) is 0.250. The molecule has 0 amide bonds. The molecular weight excluding hydrogens is 571 g/mol. The Morgan fingerprint density at radius 2 is 1.43 bits per heavy atom. The van der Waals surface area contributed by atoms with Crippen LogP contribution in [0.1, 0.15) is 59.9 Å². The number of benzene rings is 3. The molecule has 0 aliphatic heterocycles. The summed E-state index contributed by atoms with van der Waals surface area (Å²) in [6.07, 6.45) is -2.32. The first-order valence-corrected chi connectivity index (χ1v) is 12.9. The average molecular weight is 595 g/mol. The molecule has 0 saturated carbocycles. The number of allylic oxidation sites excluding steroid dienone is 3. The van der Waals surface area contributed by atoms with Gasteiger partial charge in [-0.2, -0.15) is 8.78 Å². The van der Waals surface area contributed by atoms with Gasteiger partial charge in [0.2, 0.25) is 0 Å². The summed E-state index contributed by atoms with van der Waals surface area (Å²) in [6.45, 7) is 2.01. The maximum atomic E-state index is 14.8. The number of hydrogen-bond donors (Lipinski definition) is 0. The monoisotopic (exact) mass is 594 g/mol. The smallest absolute Gasteiger partial charge is 0.426 e. The fourth-order valence-electron chi connectivity index (χ4n) is 4.40. The molecule has 1 nitrogen and oxygen atoms in total. The molecule has 0 fully saturated rings. The second-order valence-electron chi connectivity index (χ2n) is 9.66. The van der Waals surface area contributed by atoms with Gasteiger partial charge in [-0.05, 0) is 78.6 Å². The number of hydrogen-bond acceptors (Lipinski definition) is 1. The molecule has 0 saturated heterocycles. The van der Waals surface area contributed by atoms with Crippen LogP contribution >= 0.6 is 0 Å². The number of halogens is 9. The van der Waals surface area contributed by atoms with Gasteiger partial charge in [-0.1, -0.05) is 31.6 Å². The minimum atomic E-state index is -4.08. The Balaban J connectivity index is 1.46. The van der Waals surface area contributed by atoms with Crippen LogP contribution in [0.4, 0.5) is 39.5 Å². The van der Waals surface area contributed by atoms with E-state index in [4.69, 9.17) is 0 Å². The van der Waals surface area contributed by atoms with Crippen molar-refractivity contribution in [2.24, 2.45) is 0 Å². The third kappa shape index (κ3) is 7.01. The van der Waals surface area contributed by atoms with Crippen molar-refractivity contribution in [1.82, 2.24) is 0 Å². The van der Waals surface area contributed by atoms with Gasteiger partial charge in [0.05, 0.1) is 17.0 Å². The highest BCUT2D eigenvalue weighted by molar-refractivity contribution is 5.46. The highest BCUT2D eigenvalue weighted by Gasteiger charge is 2.38. The van der Waals surface area contributed by atoms with Gasteiger partial charge in [0, 0.05) is 11.6 Å². The van der Waals surface area contributed by atoms with E-state index in [1.165, 1.54) is 12.1 Å². The first-order valence-electron chi connectivity index (χ1n) is 12.9. The van der Waals surface area contributed by atoms with Gasteiger partial charge in [0.1, 0.15) is 29.4 Å². The third-order valence-corrected chi connectivity index (χ3v) is 6.55. The van der Waals surface area contributed by atoms with Crippen molar-refractivity contribution < 1.29 is 44.3 Å². The predicted octanol–water partition coefficient (Wildman–Crippen LogP) is 9.45. The Labute approximate surface area is 236 Å². The van der Waals surface area contributed by atoms with Crippen LogP contribution in [0.15, 0.2) is 72.3 Å². The quantitative estimate of drug-likeness (QED) is 0.109. The molecule has 2 atom stereocenters. The van der Waals surface area contributed by atoms with E-state index in [0.717, 1.165) is 43.5 Å². The molecule has 2 unspecified atom stereocenters. The second-order valence-corrected chi connectivity index (χ2v) is 9.66. The van der Waals surface area contributed by atoms with Crippen molar-refractivity contribution in [3.05, 3.63) is 129 Å². The number of aryl methyl sites for hydroxylation is 1. The first kappa shape index (κ1) is 30.8. The minimum Gasteiger partial charge on any atom is -0.429 e. The number of rotatable bonds is 8. The van der Waals surface area contributed by atoms with Gasteiger partial charge in [-0.15, -0.1) is 0 Å². The third-order valence-electron chi connectivity index (χ3n) is 6.55. The maximum Gasteiger partial charge on any atom is 0.426 e. The lowest BCUT2D eigenvalue weighted by molar-refractivity contribution is -0.221. The second kappa shape index (κ2) is 12.8. The van der Waals surface area contributed by atoms with Gasteiger partial charge in [0.25, 0.3) is 0 Å². The largest absolute Gasteiger partial charge is 0.429 e. The molecule has 0 bridgehead atoms. The number of alkyl halides is 3. The minimum absolute atomic E-state index is 0.147. The molecule has 0 heterocycles. The highest BCUT2D eigenvalue weighted by Crippen LogP contribution is 2.40. The average Bonchev–Trinajstić information content (AvgIpc) is 2.91. The predicted molar refractivity (Wildman–Crippen MR) is 138 cm³/mol. The molecule has 220 valence electrons. The summed E-state index contributed by atoms with van der Waals surface area (Å²) in [5, 5.41) is 0. The topological polar surface area (TPSA) is 9.23 Å². The Hall–Kier alpha value is -4.13. The van der Waals surface area contributed by atoms with E-state index in [1.807, 2.05) is 6.92 Å².